The van der Waals surface area contributed by atoms with Crippen LogP contribution in [0.5, 0.6) is 0 Å². The van der Waals surface area contributed by atoms with E-state index in [4.69, 9.17) is 0 Å². The molecule has 0 bridgehead atoms. The lowest BCUT2D eigenvalue weighted by Gasteiger charge is -2.30. The molecule has 1 aliphatic rings. The smallest absolute Gasteiger partial charge is 0.145 e. The van der Waals surface area contributed by atoms with E-state index in [1.54, 1.807) is 6.33 Å². The van der Waals surface area contributed by atoms with Gasteiger partial charge in [0, 0.05) is 19.7 Å². The summed E-state index contributed by atoms with van der Waals surface area (Å²) in [5.41, 5.74) is 0. The van der Waals surface area contributed by atoms with Crippen molar-refractivity contribution in [2.24, 2.45) is 11.8 Å². The molecule has 3 N–H and O–H groups in total. The van der Waals surface area contributed by atoms with E-state index in [1.807, 2.05) is 6.92 Å². The average molecular weight is 343 g/mol. The summed E-state index contributed by atoms with van der Waals surface area (Å²) in [4.78, 5) is 8.49. The van der Waals surface area contributed by atoms with Crippen molar-refractivity contribution in [1.82, 2.24) is 9.97 Å². The Bertz CT molecular complexity index is 430. The second-order valence-electron chi connectivity index (χ2n) is 5.28. The maximum absolute atomic E-state index is 9.45. The van der Waals surface area contributed by atoms with E-state index < -0.39 is 0 Å². The fraction of sp³-hybridized carbons (Fsp3) is 0.714. The van der Waals surface area contributed by atoms with Gasteiger partial charge in [0.1, 0.15) is 22.4 Å². The maximum Gasteiger partial charge on any atom is 0.145 e. The minimum Gasteiger partial charge on any atom is -0.396 e. The molecule has 1 saturated carbocycles. The zero-order chi connectivity index (χ0) is 14.4. The van der Waals surface area contributed by atoms with Gasteiger partial charge in [-0.25, -0.2) is 9.97 Å². The fourth-order valence-corrected chi connectivity index (χ4v) is 3.29. The monoisotopic (exact) mass is 342 g/mol. The van der Waals surface area contributed by atoms with E-state index in [1.165, 1.54) is 19.3 Å². The van der Waals surface area contributed by atoms with Crippen LogP contribution in [0.4, 0.5) is 11.6 Å². The molecule has 1 aliphatic carbocycles. The van der Waals surface area contributed by atoms with Crippen molar-refractivity contribution < 1.29 is 5.11 Å². The molecule has 0 aliphatic heterocycles. The fourth-order valence-electron chi connectivity index (χ4n) is 2.81. The van der Waals surface area contributed by atoms with Gasteiger partial charge in [-0.05, 0) is 47.5 Å². The van der Waals surface area contributed by atoms with Gasteiger partial charge in [0.2, 0.25) is 0 Å². The Balaban J connectivity index is 1.97. The standard InChI is InChI=1S/C14H23BrN4O/c1-2-16-13-12(15)14(19-9-18-13)17-7-10-5-3-4-6-11(10)8-20/h9-11,20H,2-8H2,1H3,(H2,16,17,18,19). The lowest BCUT2D eigenvalue weighted by Crippen LogP contribution is -2.29. The zero-order valence-electron chi connectivity index (χ0n) is 11.9. The van der Waals surface area contributed by atoms with Crippen molar-refractivity contribution in [3.05, 3.63) is 10.8 Å². The number of aromatic nitrogens is 2. The first kappa shape index (κ1) is 15.5. The minimum absolute atomic E-state index is 0.292. The van der Waals surface area contributed by atoms with Gasteiger partial charge in [-0.1, -0.05) is 12.8 Å². The molecule has 2 atom stereocenters. The summed E-state index contributed by atoms with van der Waals surface area (Å²) in [5.74, 6) is 2.58. The summed E-state index contributed by atoms with van der Waals surface area (Å²) < 4.78 is 0.873. The van der Waals surface area contributed by atoms with Crippen LogP contribution in [0, 0.1) is 11.8 Å². The van der Waals surface area contributed by atoms with E-state index in [9.17, 15) is 5.11 Å². The Morgan fingerprint density at radius 2 is 1.85 bits per heavy atom. The predicted molar refractivity (Wildman–Crippen MR) is 84.9 cm³/mol. The van der Waals surface area contributed by atoms with E-state index >= 15 is 0 Å². The summed E-state index contributed by atoms with van der Waals surface area (Å²) in [6.07, 6.45) is 6.38. The van der Waals surface area contributed by atoms with Crippen molar-refractivity contribution >= 4 is 27.6 Å². The first-order valence-electron chi connectivity index (χ1n) is 7.35. The van der Waals surface area contributed by atoms with E-state index in [-0.39, 0.29) is 0 Å². The average Bonchev–Trinajstić information content (AvgIpc) is 2.48. The molecule has 0 spiro atoms. The lowest BCUT2D eigenvalue weighted by molar-refractivity contribution is 0.141. The third-order valence-electron chi connectivity index (χ3n) is 3.97. The van der Waals surface area contributed by atoms with Crippen LogP contribution in [0.25, 0.3) is 0 Å². The number of halogens is 1. The topological polar surface area (TPSA) is 70.1 Å². The molecule has 1 aromatic rings. The van der Waals surface area contributed by atoms with Gasteiger partial charge < -0.3 is 15.7 Å². The van der Waals surface area contributed by atoms with E-state index in [0.717, 1.165) is 35.6 Å². The summed E-state index contributed by atoms with van der Waals surface area (Å²) in [6.45, 7) is 4.01. The third-order valence-corrected chi connectivity index (χ3v) is 4.72. The summed E-state index contributed by atoms with van der Waals surface area (Å²) in [7, 11) is 0. The van der Waals surface area contributed by atoms with E-state index in [0.29, 0.717) is 18.4 Å². The van der Waals surface area contributed by atoms with Crippen LogP contribution in [0.2, 0.25) is 0 Å². The Morgan fingerprint density at radius 1 is 1.20 bits per heavy atom. The highest BCUT2D eigenvalue weighted by Crippen LogP contribution is 2.31. The molecule has 1 fully saturated rings. The Hall–Kier alpha value is -0.880. The highest BCUT2D eigenvalue weighted by molar-refractivity contribution is 9.10. The predicted octanol–water partition coefficient (Wildman–Crippen LogP) is 2.88. The first-order valence-corrected chi connectivity index (χ1v) is 8.14. The van der Waals surface area contributed by atoms with Gasteiger partial charge in [0.25, 0.3) is 0 Å². The van der Waals surface area contributed by atoms with Crippen molar-refractivity contribution in [3.8, 4) is 0 Å². The molecule has 6 heteroatoms. The second kappa shape index (κ2) is 7.78. The number of rotatable bonds is 6. The molecule has 0 radical (unpaired) electrons. The molecule has 0 saturated heterocycles. The normalized spacial score (nSPS) is 22.6. The second-order valence-corrected chi connectivity index (χ2v) is 6.08. The van der Waals surface area contributed by atoms with Gasteiger partial charge in [-0.15, -0.1) is 0 Å². The summed E-state index contributed by atoms with van der Waals surface area (Å²) >= 11 is 3.54. The quantitative estimate of drug-likeness (QED) is 0.741. The number of hydrogen-bond acceptors (Lipinski definition) is 5. The largest absolute Gasteiger partial charge is 0.396 e. The molecule has 1 aromatic heterocycles. The molecule has 0 amide bonds. The zero-order valence-corrected chi connectivity index (χ0v) is 13.5. The molecule has 112 valence electrons. The molecule has 0 aromatic carbocycles. The number of hydrogen-bond donors (Lipinski definition) is 3. The van der Waals surface area contributed by atoms with Gasteiger partial charge in [-0.3, -0.25) is 0 Å². The molecular weight excluding hydrogens is 320 g/mol. The molecule has 20 heavy (non-hydrogen) atoms. The first-order chi connectivity index (χ1) is 9.76. The van der Waals surface area contributed by atoms with Crippen molar-refractivity contribution in [1.29, 1.82) is 0 Å². The highest BCUT2D eigenvalue weighted by atomic mass is 79.9. The highest BCUT2D eigenvalue weighted by Gasteiger charge is 2.24. The van der Waals surface area contributed by atoms with Crippen LogP contribution in [-0.4, -0.2) is 34.8 Å². The van der Waals surface area contributed by atoms with Crippen LogP contribution < -0.4 is 10.6 Å². The van der Waals surface area contributed by atoms with Gasteiger partial charge in [0.05, 0.1) is 0 Å². The van der Waals surface area contributed by atoms with Crippen LogP contribution in [0.3, 0.4) is 0 Å². The lowest BCUT2D eigenvalue weighted by atomic mass is 9.79. The number of nitrogens with one attached hydrogen (secondary N) is 2. The maximum atomic E-state index is 9.45. The molecule has 2 unspecified atom stereocenters. The van der Waals surface area contributed by atoms with Gasteiger partial charge in [-0.2, -0.15) is 0 Å². The molecular formula is C14H23BrN4O. The van der Waals surface area contributed by atoms with Crippen molar-refractivity contribution in [2.45, 2.75) is 32.6 Å². The summed E-state index contributed by atoms with van der Waals surface area (Å²) in [5, 5.41) is 16.0. The third kappa shape index (κ3) is 3.82. The molecule has 2 rings (SSSR count). The number of anilines is 2. The van der Waals surface area contributed by atoms with Crippen LogP contribution >= 0.6 is 15.9 Å². The molecule has 5 nitrogen and oxygen atoms in total. The number of aliphatic hydroxyl groups is 1. The van der Waals surface area contributed by atoms with Crippen LogP contribution in [0.15, 0.2) is 10.8 Å². The van der Waals surface area contributed by atoms with Crippen molar-refractivity contribution in [2.75, 3.05) is 30.3 Å². The molecule has 1 heterocycles. The summed E-state index contributed by atoms with van der Waals surface area (Å²) in [6, 6.07) is 0. The Labute approximate surface area is 128 Å². The van der Waals surface area contributed by atoms with Crippen LogP contribution in [0.1, 0.15) is 32.6 Å². The van der Waals surface area contributed by atoms with E-state index in [2.05, 4.69) is 36.5 Å². The van der Waals surface area contributed by atoms with Crippen molar-refractivity contribution in [3.63, 3.8) is 0 Å². The number of aliphatic hydroxyl groups excluding tert-OH is 1. The number of nitrogens with zero attached hydrogens (tertiary/aromatic N) is 2. The SMILES string of the molecule is CCNc1ncnc(NCC2CCCCC2CO)c1Br. The Kier molecular flexibility index (Phi) is 6.04. The van der Waals surface area contributed by atoms with Gasteiger partial charge >= 0.3 is 0 Å². The van der Waals surface area contributed by atoms with Crippen LogP contribution in [-0.2, 0) is 0 Å². The minimum atomic E-state index is 0.292. The van der Waals surface area contributed by atoms with Gasteiger partial charge in [0.15, 0.2) is 0 Å². The Morgan fingerprint density at radius 3 is 2.50 bits per heavy atom.